The summed E-state index contributed by atoms with van der Waals surface area (Å²) in [6.07, 6.45) is 2.47. The van der Waals surface area contributed by atoms with Gasteiger partial charge in [0, 0.05) is 6.04 Å². The zero-order valence-corrected chi connectivity index (χ0v) is 18.6. The molecule has 0 heterocycles. The molecule has 0 aromatic heterocycles. The Hall–Kier alpha value is -2.63. The Labute approximate surface area is 180 Å². The minimum absolute atomic E-state index is 0.278. The highest BCUT2D eigenvalue weighted by atomic mass is 32.2. The van der Waals surface area contributed by atoms with Crippen LogP contribution in [0.15, 0.2) is 77.7 Å². The highest BCUT2D eigenvalue weighted by Gasteiger charge is 2.22. The summed E-state index contributed by atoms with van der Waals surface area (Å²) in [6, 6.07) is 22.5. The van der Waals surface area contributed by atoms with Gasteiger partial charge in [0.1, 0.15) is 5.75 Å². The molecule has 30 heavy (non-hydrogen) atoms. The van der Waals surface area contributed by atoms with Crippen LogP contribution < -0.4 is 9.46 Å². The Bertz CT molecular complexity index is 1040. The number of methoxy groups -OCH3 is 1. The average molecular weight is 424 g/mol. The van der Waals surface area contributed by atoms with E-state index in [1.807, 2.05) is 50.2 Å². The SMILES string of the molecule is COc1c(C)cc(C(CCCc2ccccc2)NS(=O)(=O)c2ccccc2)cc1C. The second kappa shape index (κ2) is 9.92. The molecule has 0 saturated carbocycles. The molecule has 158 valence electrons. The lowest BCUT2D eigenvalue weighted by molar-refractivity contribution is 0.408. The van der Waals surface area contributed by atoms with E-state index in [1.54, 1.807) is 31.4 Å². The molecular formula is C25H29NO3S. The van der Waals surface area contributed by atoms with E-state index in [2.05, 4.69) is 16.9 Å². The predicted octanol–water partition coefficient (Wildman–Crippen LogP) is 5.35. The van der Waals surface area contributed by atoms with Crippen LogP contribution in [0.25, 0.3) is 0 Å². The summed E-state index contributed by atoms with van der Waals surface area (Å²) in [5, 5.41) is 0. The Morgan fingerprint density at radius 2 is 1.47 bits per heavy atom. The van der Waals surface area contributed by atoms with Crippen LogP contribution in [-0.2, 0) is 16.4 Å². The van der Waals surface area contributed by atoms with Gasteiger partial charge in [-0.05, 0) is 67.5 Å². The lowest BCUT2D eigenvalue weighted by Crippen LogP contribution is -2.29. The number of rotatable bonds is 9. The fourth-order valence-corrected chi connectivity index (χ4v) is 5.09. The number of hydrogen-bond donors (Lipinski definition) is 1. The van der Waals surface area contributed by atoms with Crippen molar-refractivity contribution in [1.82, 2.24) is 4.72 Å². The molecule has 1 atom stereocenters. The number of benzene rings is 3. The lowest BCUT2D eigenvalue weighted by atomic mass is 9.96. The van der Waals surface area contributed by atoms with Gasteiger partial charge in [0.25, 0.3) is 0 Å². The van der Waals surface area contributed by atoms with Crippen LogP contribution in [0.5, 0.6) is 5.75 Å². The van der Waals surface area contributed by atoms with Crippen molar-refractivity contribution in [3.63, 3.8) is 0 Å². The van der Waals surface area contributed by atoms with Crippen LogP contribution in [0, 0.1) is 13.8 Å². The number of sulfonamides is 1. The first-order valence-electron chi connectivity index (χ1n) is 10.2. The monoisotopic (exact) mass is 423 g/mol. The fourth-order valence-electron chi connectivity index (χ4n) is 3.81. The Balaban J connectivity index is 1.86. The van der Waals surface area contributed by atoms with Gasteiger partial charge in [-0.3, -0.25) is 0 Å². The van der Waals surface area contributed by atoms with Crippen LogP contribution >= 0.6 is 0 Å². The molecule has 0 aliphatic heterocycles. The number of nitrogens with one attached hydrogen (secondary N) is 1. The first-order valence-corrected chi connectivity index (χ1v) is 11.7. The van der Waals surface area contributed by atoms with Crippen molar-refractivity contribution in [2.45, 2.75) is 44.0 Å². The molecule has 3 rings (SSSR count). The molecule has 4 nitrogen and oxygen atoms in total. The van der Waals surface area contributed by atoms with Gasteiger partial charge in [0.2, 0.25) is 10.0 Å². The molecule has 0 saturated heterocycles. The second-order valence-electron chi connectivity index (χ2n) is 7.55. The van der Waals surface area contributed by atoms with Gasteiger partial charge >= 0.3 is 0 Å². The normalized spacial score (nSPS) is 12.5. The fraction of sp³-hybridized carbons (Fsp3) is 0.280. The third-order valence-electron chi connectivity index (χ3n) is 5.24. The van der Waals surface area contributed by atoms with Crippen LogP contribution in [0.3, 0.4) is 0 Å². The van der Waals surface area contributed by atoms with Crippen molar-refractivity contribution < 1.29 is 13.2 Å². The van der Waals surface area contributed by atoms with Crippen molar-refractivity contribution in [2.75, 3.05) is 7.11 Å². The molecule has 0 aliphatic rings. The third-order valence-corrected chi connectivity index (χ3v) is 6.73. The Morgan fingerprint density at radius 3 is 2.03 bits per heavy atom. The highest BCUT2D eigenvalue weighted by Crippen LogP contribution is 2.30. The highest BCUT2D eigenvalue weighted by molar-refractivity contribution is 7.89. The van der Waals surface area contributed by atoms with Gasteiger partial charge in [-0.15, -0.1) is 0 Å². The summed E-state index contributed by atoms with van der Waals surface area (Å²) >= 11 is 0. The van der Waals surface area contributed by atoms with Gasteiger partial charge in [-0.2, -0.15) is 0 Å². The quantitative estimate of drug-likeness (QED) is 0.504. The smallest absolute Gasteiger partial charge is 0.241 e. The molecule has 0 radical (unpaired) electrons. The summed E-state index contributed by atoms with van der Waals surface area (Å²) in [5.41, 5.74) is 4.21. The predicted molar refractivity (Wildman–Crippen MR) is 121 cm³/mol. The zero-order chi connectivity index (χ0) is 21.6. The van der Waals surface area contributed by atoms with Crippen molar-refractivity contribution in [3.8, 4) is 5.75 Å². The summed E-state index contributed by atoms with van der Waals surface area (Å²) in [5.74, 6) is 0.840. The van der Waals surface area contributed by atoms with Crippen LogP contribution in [0.2, 0.25) is 0 Å². The van der Waals surface area contributed by atoms with E-state index in [-0.39, 0.29) is 10.9 Å². The maximum Gasteiger partial charge on any atom is 0.241 e. The van der Waals surface area contributed by atoms with Crippen molar-refractivity contribution in [1.29, 1.82) is 0 Å². The molecule has 3 aromatic carbocycles. The van der Waals surface area contributed by atoms with Crippen molar-refractivity contribution in [3.05, 3.63) is 95.1 Å². The summed E-state index contributed by atoms with van der Waals surface area (Å²) in [6.45, 7) is 3.98. The largest absolute Gasteiger partial charge is 0.496 e. The molecule has 0 spiro atoms. The average Bonchev–Trinajstić information content (AvgIpc) is 2.74. The van der Waals surface area contributed by atoms with E-state index in [0.717, 1.165) is 35.3 Å². The van der Waals surface area contributed by atoms with Gasteiger partial charge < -0.3 is 4.74 Å². The number of aryl methyl sites for hydroxylation is 3. The number of hydrogen-bond acceptors (Lipinski definition) is 3. The molecule has 0 fully saturated rings. The summed E-state index contributed by atoms with van der Waals surface area (Å²) < 4.78 is 34.4. The molecule has 0 aliphatic carbocycles. The van der Waals surface area contributed by atoms with E-state index in [4.69, 9.17) is 4.74 Å². The maximum absolute atomic E-state index is 13.0. The van der Waals surface area contributed by atoms with Gasteiger partial charge in [-0.1, -0.05) is 60.7 Å². The van der Waals surface area contributed by atoms with Crippen LogP contribution in [-0.4, -0.2) is 15.5 Å². The molecule has 0 amide bonds. The lowest BCUT2D eigenvalue weighted by Gasteiger charge is -2.21. The standard InChI is InChI=1S/C25H29NO3S/c1-19-17-22(18-20(2)25(19)29-3)24(16-10-13-21-11-6-4-7-12-21)26-30(27,28)23-14-8-5-9-15-23/h4-9,11-12,14-15,17-18,24,26H,10,13,16H2,1-3H3. The van der Waals surface area contributed by atoms with E-state index in [9.17, 15) is 8.42 Å². The van der Waals surface area contributed by atoms with E-state index in [0.29, 0.717) is 6.42 Å². The second-order valence-corrected chi connectivity index (χ2v) is 9.27. The van der Waals surface area contributed by atoms with Crippen molar-refractivity contribution >= 4 is 10.0 Å². The Morgan fingerprint density at radius 1 is 0.900 bits per heavy atom. The van der Waals surface area contributed by atoms with Crippen molar-refractivity contribution in [2.24, 2.45) is 0 Å². The van der Waals surface area contributed by atoms with Gasteiger partial charge in [0.05, 0.1) is 12.0 Å². The summed E-state index contributed by atoms with van der Waals surface area (Å²) in [7, 11) is -1.97. The molecule has 0 bridgehead atoms. The first-order chi connectivity index (χ1) is 14.4. The van der Waals surface area contributed by atoms with E-state index >= 15 is 0 Å². The zero-order valence-electron chi connectivity index (χ0n) is 17.8. The number of ether oxygens (including phenoxy) is 1. The molecule has 1 N–H and O–H groups in total. The van der Waals surface area contributed by atoms with E-state index < -0.39 is 10.0 Å². The van der Waals surface area contributed by atoms with Gasteiger partial charge in [0.15, 0.2) is 0 Å². The topological polar surface area (TPSA) is 55.4 Å². The molecular weight excluding hydrogens is 394 g/mol. The maximum atomic E-state index is 13.0. The third kappa shape index (κ3) is 5.49. The minimum Gasteiger partial charge on any atom is -0.496 e. The Kier molecular flexibility index (Phi) is 7.29. The van der Waals surface area contributed by atoms with Gasteiger partial charge in [-0.25, -0.2) is 13.1 Å². The summed E-state index contributed by atoms with van der Waals surface area (Å²) in [4.78, 5) is 0.278. The first kappa shape index (κ1) is 22.1. The molecule has 3 aromatic rings. The van der Waals surface area contributed by atoms with Crippen LogP contribution in [0.4, 0.5) is 0 Å². The van der Waals surface area contributed by atoms with E-state index in [1.165, 1.54) is 5.56 Å². The molecule has 1 unspecified atom stereocenters. The minimum atomic E-state index is -3.63. The van der Waals surface area contributed by atoms with Crippen LogP contribution in [0.1, 0.15) is 41.1 Å². The molecule has 5 heteroatoms.